The second-order valence-electron chi connectivity index (χ2n) is 12.3. The van der Waals surface area contributed by atoms with Crippen LogP contribution in [0.15, 0.2) is 53.9 Å². The van der Waals surface area contributed by atoms with Crippen LogP contribution in [0, 0.1) is 5.92 Å². The summed E-state index contributed by atoms with van der Waals surface area (Å²) >= 11 is 0. The molecule has 2 aromatic rings. The number of rotatable bonds is 12. The Morgan fingerprint density at radius 3 is 2.64 bits per heavy atom. The van der Waals surface area contributed by atoms with E-state index < -0.39 is 19.0 Å². The molecule has 11 heteroatoms. The van der Waals surface area contributed by atoms with E-state index in [0.717, 1.165) is 36.9 Å². The molecule has 0 aliphatic carbocycles. The number of aryl methyl sites for hydroxylation is 1. The maximum absolute atomic E-state index is 11.0. The molecule has 246 valence electrons. The fourth-order valence-corrected chi connectivity index (χ4v) is 6.58. The molecule has 0 aromatic heterocycles. The van der Waals surface area contributed by atoms with Gasteiger partial charge in [-0.05, 0) is 98.4 Å². The Bertz CT molecular complexity index is 1370. The van der Waals surface area contributed by atoms with Gasteiger partial charge in [-0.1, -0.05) is 12.1 Å². The van der Waals surface area contributed by atoms with Crippen molar-refractivity contribution in [3.63, 3.8) is 0 Å². The number of aromatic hydroxyl groups is 2. The van der Waals surface area contributed by atoms with Crippen LogP contribution in [0.25, 0.3) is 0 Å². The van der Waals surface area contributed by atoms with E-state index in [1.54, 1.807) is 24.3 Å². The van der Waals surface area contributed by atoms with Gasteiger partial charge in [-0.15, -0.1) is 0 Å². The van der Waals surface area contributed by atoms with Gasteiger partial charge in [0, 0.05) is 25.0 Å². The zero-order valence-electron chi connectivity index (χ0n) is 26.1. The fourth-order valence-electron chi connectivity index (χ4n) is 6.58. The molecule has 2 saturated heterocycles. The van der Waals surface area contributed by atoms with Gasteiger partial charge in [0.1, 0.15) is 6.61 Å². The lowest BCUT2D eigenvalue weighted by Crippen LogP contribution is -2.49. The van der Waals surface area contributed by atoms with Crippen LogP contribution in [0.2, 0.25) is 0 Å². The minimum absolute atomic E-state index is 0.0395. The lowest BCUT2D eigenvalue weighted by molar-refractivity contribution is -0.0999. The Balaban J connectivity index is 1.27. The average Bonchev–Trinajstić information content (AvgIpc) is 3.02. The number of phenols is 2. The largest absolute Gasteiger partial charge is 0.504 e. The van der Waals surface area contributed by atoms with Gasteiger partial charge in [0.15, 0.2) is 29.8 Å². The van der Waals surface area contributed by atoms with E-state index >= 15 is 0 Å². The fraction of sp³-hybridized carbons (Fsp3) is 0.529. The SMILES string of the molecule is COc1cc(C2CC(O)CC(CCc3ccc(O)c(OCO)c3)O2)cc(OCC2NC(C)CCC2CC2=CCNC(N)=C2)c1O. The van der Waals surface area contributed by atoms with Crippen molar-refractivity contribution < 1.29 is 39.4 Å². The summed E-state index contributed by atoms with van der Waals surface area (Å²) < 4.78 is 23.4. The molecule has 0 radical (unpaired) electrons. The molecular formula is C34H47N3O8. The van der Waals surface area contributed by atoms with Gasteiger partial charge in [-0.3, -0.25) is 0 Å². The van der Waals surface area contributed by atoms with Crippen LogP contribution in [0.4, 0.5) is 0 Å². The molecular weight excluding hydrogens is 578 g/mol. The van der Waals surface area contributed by atoms with Crippen molar-refractivity contribution in [1.29, 1.82) is 0 Å². The highest BCUT2D eigenvalue weighted by Gasteiger charge is 2.32. The van der Waals surface area contributed by atoms with Crippen LogP contribution >= 0.6 is 0 Å². The van der Waals surface area contributed by atoms with Crippen LogP contribution in [-0.2, 0) is 11.2 Å². The first-order chi connectivity index (χ1) is 21.7. The Kier molecular flexibility index (Phi) is 11.0. The molecule has 0 saturated carbocycles. The minimum Gasteiger partial charge on any atom is -0.504 e. The minimum atomic E-state index is -0.563. The third-order valence-corrected chi connectivity index (χ3v) is 9.00. The van der Waals surface area contributed by atoms with E-state index in [2.05, 4.69) is 23.6 Å². The molecule has 3 heterocycles. The number of allylic oxidation sites excluding steroid dienone is 2. The molecule has 3 aliphatic rings. The summed E-state index contributed by atoms with van der Waals surface area (Å²) in [6.45, 7) is 2.74. The van der Waals surface area contributed by atoms with Gasteiger partial charge >= 0.3 is 0 Å². The number of aliphatic hydroxyl groups excluding tert-OH is 2. The van der Waals surface area contributed by atoms with Crippen molar-refractivity contribution in [3.05, 3.63) is 65.0 Å². The van der Waals surface area contributed by atoms with E-state index in [9.17, 15) is 15.3 Å². The van der Waals surface area contributed by atoms with Crippen molar-refractivity contribution >= 4 is 0 Å². The summed E-state index contributed by atoms with van der Waals surface area (Å²) in [5.41, 5.74) is 8.90. The van der Waals surface area contributed by atoms with Gasteiger partial charge in [0.2, 0.25) is 5.75 Å². The lowest BCUT2D eigenvalue weighted by Gasteiger charge is -2.37. The number of aliphatic hydroxyl groups is 2. The highest BCUT2D eigenvalue weighted by Crippen LogP contribution is 2.43. The maximum Gasteiger partial charge on any atom is 0.200 e. The molecule has 45 heavy (non-hydrogen) atoms. The van der Waals surface area contributed by atoms with Crippen LogP contribution < -0.4 is 30.6 Å². The molecule has 8 N–H and O–H groups in total. The van der Waals surface area contributed by atoms with Crippen molar-refractivity contribution in [1.82, 2.24) is 10.6 Å². The van der Waals surface area contributed by atoms with Crippen molar-refractivity contribution in [2.24, 2.45) is 11.7 Å². The van der Waals surface area contributed by atoms with E-state index in [1.807, 2.05) is 6.08 Å². The Hall–Kier alpha value is -3.64. The van der Waals surface area contributed by atoms with Crippen LogP contribution in [-0.4, -0.2) is 71.8 Å². The van der Waals surface area contributed by atoms with Crippen molar-refractivity contribution in [2.75, 3.05) is 27.1 Å². The lowest BCUT2D eigenvalue weighted by atomic mass is 9.83. The maximum atomic E-state index is 11.0. The molecule has 3 aliphatic heterocycles. The molecule has 0 amide bonds. The predicted molar refractivity (Wildman–Crippen MR) is 169 cm³/mol. The summed E-state index contributed by atoms with van der Waals surface area (Å²) in [5.74, 6) is 1.74. The molecule has 0 bridgehead atoms. The van der Waals surface area contributed by atoms with E-state index in [0.29, 0.717) is 55.8 Å². The number of ether oxygens (including phenoxy) is 4. The summed E-state index contributed by atoms with van der Waals surface area (Å²) in [6, 6.07) is 8.99. The number of methoxy groups -OCH3 is 1. The summed E-state index contributed by atoms with van der Waals surface area (Å²) in [6.07, 6.45) is 8.15. The molecule has 0 spiro atoms. The Labute approximate surface area is 264 Å². The van der Waals surface area contributed by atoms with E-state index in [4.69, 9.17) is 29.8 Å². The number of hydrogen-bond acceptors (Lipinski definition) is 11. The number of nitrogens with two attached hydrogens (primary N) is 1. The normalized spacial score (nSPS) is 26.8. The number of benzene rings is 2. The van der Waals surface area contributed by atoms with Crippen molar-refractivity contribution in [2.45, 2.75) is 82.3 Å². The topological polar surface area (TPSA) is 168 Å². The van der Waals surface area contributed by atoms with Crippen molar-refractivity contribution in [3.8, 4) is 28.7 Å². The van der Waals surface area contributed by atoms with Gasteiger partial charge in [-0.25, -0.2) is 0 Å². The number of nitrogens with one attached hydrogen (secondary N) is 2. The Morgan fingerprint density at radius 1 is 1.04 bits per heavy atom. The quantitative estimate of drug-likeness (QED) is 0.173. The summed E-state index contributed by atoms with van der Waals surface area (Å²) in [7, 11) is 1.50. The van der Waals surface area contributed by atoms with Gasteiger partial charge in [0.05, 0.1) is 31.2 Å². The average molecular weight is 626 g/mol. The number of hydrogen-bond donors (Lipinski definition) is 7. The zero-order chi connectivity index (χ0) is 31.9. The molecule has 6 atom stereocenters. The van der Waals surface area contributed by atoms with Gasteiger partial charge < -0.3 is 55.7 Å². The van der Waals surface area contributed by atoms with Crippen LogP contribution in [0.1, 0.15) is 62.7 Å². The molecule has 2 aromatic carbocycles. The first-order valence-electron chi connectivity index (χ1n) is 15.8. The standard InChI is InChI=1S/C34H47N3O8/c1-20-3-6-23(11-22-9-10-36-33(35)13-22)27(37-20)18-43-32-15-24(14-31(42-2)34(32)41)29-17-25(39)16-26(45-29)7-4-21-5-8-28(40)30(12-21)44-19-38/h5,8-9,12-15,20,23,25-27,29,36-41H,3-4,6-7,10-11,16-19,35H2,1-2H3. The number of dihydropyridines is 1. The van der Waals surface area contributed by atoms with Gasteiger partial charge in [-0.2, -0.15) is 0 Å². The smallest absolute Gasteiger partial charge is 0.200 e. The number of phenolic OH excluding ortho intramolecular Hbond substituents is 2. The second-order valence-corrected chi connectivity index (χ2v) is 12.3. The monoisotopic (exact) mass is 625 g/mol. The van der Waals surface area contributed by atoms with Crippen LogP contribution in [0.5, 0.6) is 28.7 Å². The first kappa shape index (κ1) is 32.7. The molecule has 5 rings (SSSR count). The summed E-state index contributed by atoms with van der Waals surface area (Å²) in [4.78, 5) is 0. The third kappa shape index (κ3) is 8.55. The highest BCUT2D eigenvalue weighted by molar-refractivity contribution is 5.53. The molecule has 6 unspecified atom stereocenters. The molecule has 2 fully saturated rings. The van der Waals surface area contributed by atoms with Gasteiger partial charge in [0.25, 0.3) is 0 Å². The Morgan fingerprint density at radius 2 is 1.87 bits per heavy atom. The third-order valence-electron chi connectivity index (χ3n) is 9.00. The molecule has 11 nitrogen and oxygen atoms in total. The van der Waals surface area contributed by atoms with E-state index in [1.165, 1.54) is 18.7 Å². The summed E-state index contributed by atoms with van der Waals surface area (Å²) in [5, 5.41) is 47.6. The predicted octanol–water partition coefficient (Wildman–Crippen LogP) is 3.50. The zero-order valence-corrected chi connectivity index (χ0v) is 26.1. The highest BCUT2D eigenvalue weighted by atomic mass is 16.6. The first-order valence-corrected chi connectivity index (χ1v) is 15.8. The van der Waals surface area contributed by atoms with Crippen LogP contribution in [0.3, 0.4) is 0 Å². The second kappa shape index (κ2) is 15.1. The number of piperidine rings is 1. The van der Waals surface area contributed by atoms with E-state index in [-0.39, 0.29) is 35.1 Å².